The molecule has 2 unspecified atom stereocenters. The highest BCUT2D eigenvalue weighted by Crippen LogP contribution is 2.47. The fourth-order valence-corrected chi connectivity index (χ4v) is 4.66. The van der Waals surface area contributed by atoms with Gasteiger partial charge < -0.3 is 4.74 Å². The Morgan fingerprint density at radius 1 is 1.15 bits per heavy atom. The van der Waals surface area contributed by atoms with E-state index in [2.05, 4.69) is 69.0 Å². The summed E-state index contributed by atoms with van der Waals surface area (Å²) >= 11 is 0. The van der Waals surface area contributed by atoms with E-state index in [1.165, 1.54) is 33.2 Å². The molecule has 2 atom stereocenters. The Labute approximate surface area is 154 Å². The standard InChI is InChI=1S/C24H24O2/c1-4-23(25)26-24(5-2)16(3)10-12-21-20-13-11-17-8-6-7-9-18(17)19(20)14-15-22(21)24/h4,6-9,11,13-16H,1,5,10,12H2,2-3H3. The van der Waals surface area contributed by atoms with E-state index in [-0.39, 0.29) is 11.9 Å². The minimum atomic E-state index is -0.571. The highest BCUT2D eigenvalue weighted by molar-refractivity contribution is 6.08. The monoisotopic (exact) mass is 344 g/mol. The van der Waals surface area contributed by atoms with Gasteiger partial charge in [0.25, 0.3) is 0 Å². The van der Waals surface area contributed by atoms with Gasteiger partial charge in [-0.25, -0.2) is 4.79 Å². The Kier molecular flexibility index (Phi) is 4.07. The summed E-state index contributed by atoms with van der Waals surface area (Å²) < 4.78 is 6.00. The summed E-state index contributed by atoms with van der Waals surface area (Å²) in [5.74, 6) is -0.0630. The van der Waals surface area contributed by atoms with Gasteiger partial charge in [-0.15, -0.1) is 0 Å². The summed E-state index contributed by atoms with van der Waals surface area (Å²) in [6, 6.07) is 17.3. The molecule has 26 heavy (non-hydrogen) atoms. The van der Waals surface area contributed by atoms with Crippen LogP contribution in [0.4, 0.5) is 0 Å². The van der Waals surface area contributed by atoms with Crippen molar-refractivity contribution in [3.05, 3.63) is 72.3 Å². The summed E-state index contributed by atoms with van der Waals surface area (Å²) in [6.45, 7) is 7.87. The number of hydrogen-bond acceptors (Lipinski definition) is 2. The van der Waals surface area contributed by atoms with Crippen LogP contribution in [-0.2, 0) is 21.6 Å². The number of esters is 1. The van der Waals surface area contributed by atoms with Crippen molar-refractivity contribution in [2.24, 2.45) is 5.92 Å². The van der Waals surface area contributed by atoms with Crippen molar-refractivity contribution in [2.45, 2.75) is 38.7 Å². The van der Waals surface area contributed by atoms with Crippen LogP contribution in [0.2, 0.25) is 0 Å². The van der Waals surface area contributed by atoms with Gasteiger partial charge >= 0.3 is 5.97 Å². The third-order valence-corrected chi connectivity index (χ3v) is 6.09. The van der Waals surface area contributed by atoms with Crippen molar-refractivity contribution in [1.29, 1.82) is 0 Å². The molecule has 0 saturated heterocycles. The Hall–Kier alpha value is -2.61. The first kappa shape index (κ1) is 16.8. The zero-order valence-corrected chi connectivity index (χ0v) is 15.4. The molecule has 132 valence electrons. The van der Waals surface area contributed by atoms with Crippen molar-refractivity contribution < 1.29 is 9.53 Å². The molecular formula is C24H24O2. The molecule has 3 aromatic rings. The highest BCUT2D eigenvalue weighted by Gasteiger charge is 2.44. The summed E-state index contributed by atoms with van der Waals surface area (Å²) in [4.78, 5) is 12.1. The summed E-state index contributed by atoms with van der Waals surface area (Å²) in [5.41, 5.74) is 1.92. The number of benzene rings is 3. The predicted octanol–water partition coefficient (Wildman–Crippen LogP) is 5.91. The molecule has 0 bridgehead atoms. The smallest absolute Gasteiger partial charge is 0.331 e. The Morgan fingerprint density at radius 2 is 1.92 bits per heavy atom. The molecule has 2 heteroatoms. The normalized spacial score (nSPS) is 22.2. The van der Waals surface area contributed by atoms with Crippen LogP contribution >= 0.6 is 0 Å². The lowest BCUT2D eigenvalue weighted by molar-refractivity contribution is -0.163. The minimum absolute atomic E-state index is 0.279. The quantitative estimate of drug-likeness (QED) is 0.335. The Balaban J connectivity index is 1.99. The Bertz CT molecular complexity index is 1020. The summed E-state index contributed by atoms with van der Waals surface area (Å²) in [5, 5.41) is 5.08. The van der Waals surface area contributed by atoms with Crippen LogP contribution in [0.5, 0.6) is 0 Å². The number of carbonyl (C=O) groups excluding carboxylic acids is 1. The molecule has 4 rings (SSSR count). The second-order valence-electron chi connectivity index (χ2n) is 7.28. The van der Waals surface area contributed by atoms with Gasteiger partial charge in [0.1, 0.15) is 5.60 Å². The van der Waals surface area contributed by atoms with Crippen LogP contribution in [0, 0.1) is 5.92 Å². The molecule has 0 aliphatic heterocycles. The van der Waals surface area contributed by atoms with Crippen molar-refractivity contribution in [2.75, 3.05) is 0 Å². The van der Waals surface area contributed by atoms with E-state index >= 15 is 0 Å². The predicted molar refractivity (Wildman–Crippen MR) is 107 cm³/mol. The van der Waals surface area contributed by atoms with Crippen molar-refractivity contribution in [1.82, 2.24) is 0 Å². The first-order valence-electron chi connectivity index (χ1n) is 9.40. The molecule has 1 aliphatic carbocycles. The van der Waals surface area contributed by atoms with Gasteiger partial charge in [0, 0.05) is 12.0 Å². The lowest BCUT2D eigenvalue weighted by atomic mass is 9.69. The molecule has 3 aromatic carbocycles. The maximum atomic E-state index is 12.1. The van der Waals surface area contributed by atoms with E-state index in [9.17, 15) is 4.79 Å². The molecule has 0 heterocycles. The number of ether oxygens (including phenoxy) is 1. The number of aryl methyl sites for hydroxylation is 1. The zero-order chi connectivity index (χ0) is 18.3. The summed E-state index contributed by atoms with van der Waals surface area (Å²) in [6.07, 6.45) is 4.06. The van der Waals surface area contributed by atoms with Gasteiger partial charge in [-0.1, -0.05) is 69.0 Å². The van der Waals surface area contributed by atoms with E-state index in [0.29, 0.717) is 0 Å². The van der Waals surface area contributed by atoms with Crippen LogP contribution in [0.25, 0.3) is 21.5 Å². The molecule has 0 amide bonds. The van der Waals surface area contributed by atoms with Gasteiger partial charge in [-0.05, 0) is 51.9 Å². The summed E-state index contributed by atoms with van der Waals surface area (Å²) in [7, 11) is 0. The number of fused-ring (bicyclic) bond motifs is 5. The van der Waals surface area contributed by atoms with E-state index in [4.69, 9.17) is 4.74 Å². The van der Waals surface area contributed by atoms with E-state index < -0.39 is 5.60 Å². The SMILES string of the molecule is C=CC(=O)OC1(CC)c2ccc3c(ccc4ccccc43)c2CCC1C. The van der Waals surface area contributed by atoms with E-state index in [1.54, 1.807) is 0 Å². The number of rotatable bonds is 3. The van der Waals surface area contributed by atoms with Crippen molar-refractivity contribution in [3.63, 3.8) is 0 Å². The molecular weight excluding hydrogens is 320 g/mol. The van der Waals surface area contributed by atoms with Crippen molar-refractivity contribution >= 4 is 27.5 Å². The van der Waals surface area contributed by atoms with Crippen LogP contribution < -0.4 is 0 Å². The Morgan fingerprint density at radius 3 is 2.69 bits per heavy atom. The second-order valence-corrected chi connectivity index (χ2v) is 7.28. The number of hydrogen-bond donors (Lipinski definition) is 0. The van der Waals surface area contributed by atoms with Crippen LogP contribution in [0.3, 0.4) is 0 Å². The maximum absolute atomic E-state index is 12.1. The largest absolute Gasteiger partial charge is 0.451 e. The molecule has 0 aromatic heterocycles. The number of carbonyl (C=O) groups is 1. The first-order chi connectivity index (χ1) is 12.6. The average Bonchev–Trinajstić information content (AvgIpc) is 2.69. The molecule has 0 N–H and O–H groups in total. The molecule has 1 aliphatic rings. The molecule has 0 radical (unpaired) electrons. The molecule has 0 saturated carbocycles. The highest BCUT2D eigenvalue weighted by atomic mass is 16.6. The van der Waals surface area contributed by atoms with E-state index in [1.807, 2.05) is 0 Å². The lowest BCUT2D eigenvalue weighted by Crippen LogP contribution is -2.41. The third kappa shape index (κ3) is 2.36. The molecule has 2 nitrogen and oxygen atoms in total. The third-order valence-electron chi connectivity index (χ3n) is 6.09. The van der Waals surface area contributed by atoms with Gasteiger partial charge in [0.15, 0.2) is 0 Å². The topological polar surface area (TPSA) is 26.3 Å². The fraction of sp³-hybridized carbons (Fsp3) is 0.292. The van der Waals surface area contributed by atoms with E-state index in [0.717, 1.165) is 24.8 Å². The average molecular weight is 344 g/mol. The van der Waals surface area contributed by atoms with Crippen LogP contribution in [-0.4, -0.2) is 5.97 Å². The lowest BCUT2D eigenvalue weighted by Gasteiger charge is -2.43. The maximum Gasteiger partial charge on any atom is 0.331 e. The second kappa shape index (κ2) is 6.28. The van der Waals surface area contributed by atoms with Crippen LogP contribution in [0.1, 0.15) is 37.8 Å². The van der Waals surface area contributed by atoms with Gasteiger partial charge in [-0.3, -0.25) is 0 Å². The van der Waals surface area contributed by atoms with Gasteiger partial charge in [0.05, 0.1) is 0 Å². The minimum Gasteiger partial charge on any atom is -0.451 e. The van der Waals surface area contributed by atoms with Gasteiger partial charge in [0.2, 0.25) is 0 Å². The fourth-order valence-electron chi connectivity index (χ4n) is 4.66. The van der Waals surface area contributed by atoms with Crippen LogP contribution in [0.15, 0.2) is 61.2 Å². The first-order valence-corrected chi connectivity index (χ1v) is 9.40. The zero-order valence-electron chi connectivity index (χ0n) is 15.4. The van der Waals surface area contributed by atoms with Gasteiger partial charge in [-0.2, -0.15) is 0 Å². The van der Waals surface area contributed by atoms with Crippen molar-refractivity contribution in [3.8, 4) is 0 Å². The molecule has 0 fully saturated rings. The molecule has 0 spiro atoms.